The van der Waals surface area contributed by atoms with Crippen molar-refractivity contribution in [1.29, 1.82) is 0 Å². The summed E-state index contributed by atoms with van der Waals surface area (Å²) in [5.74, 6) is 2.28. The molecule has 0 aromatic carbocycles. The molecule has 6 heteroatoms. The second kappa shape index (κ2) is 8.84. The molecule has 0 saturated carbocycles. The van der Waals surface area contributed by atoms with E-state index in [-0.39, 0.29) is 12.0 Å². The van der Waals surface area contributed by atoms with Crippen LogP contribution < -0.4 is 9.64 Å². The summed E-state index contributed by atoms with van der Waals surface area (Å²) in [5.41, 5.74) is 0.642. The first-order valence-corrected chi connectivity index (χ1v) is 9.56. The number of likely N-dealkylation sites (tertiary alicyclic amines) is 1. The van der Waals surface area contributed by atoms with E-state index in [9.17, 15) is 4.79 Å². The van der Waals surface area contributed by atoms with Gasteiger partial charge in [-0.1, -0.05) is 13.8 Å². The maximum Gasteiger partial charge on any atom is 0.255 e. The van der Waals surface area contributed by atoms with Crippen LogP contribution in [0.3, 0.4) is 0 Å². The minimum absolute atomic E-state index is 0.0420. The lowest BCUT2D eigenvalue weighted by Gasteiger charge is -2.32. The first kappa shape index (κ1) is 19.1. The highest BCUT2D eigenvalue weighted by molar-refractivity contribution is 5.94. The maximum absolute atomic E-state index is 12.7. The monoisotopic (exact) mass is 368 g/mol. The number of hydrogen-bond acceptors (Lipinski definition) is 5. The zero-order valence-corrected chi connectivity index (χ0v) is 16.3. The Kier molecular flexibility index (Phi) is 6.27. The van der Waals surface area contributed by atoms with Crippen LogP contribution in [0.15, 0.2) is 42.9 Å². The summed E-state index contributed by atoms with van der Waals surface area (Å²) in [6.07, 6.45) is 6.91. The average molecular weight is 368 g/mol. The first-order chi connectivity index (χ1) is 13.0. The van der Waals surface area contributed by atoms with Crippen molar-refractivity contribution in [2.75, 3.05) is 31.6 Å². The van der Waals surface area contributed by atoms with Gasteiger partial charge in [-0.3, -0.25) is 9.78 Å². The Morgan fingerprint density at radius 3 is 2.63 bits per heavy atom. The van der Waals surface area contributed by atoms with Crippen molar-refractivity contribution >= 4 is 11.7 Å². The van der Waals surface area contributed by atoms with Crippen LogP contribution in [0, 0.1) is 5.92 Å². The smallest absolute Gasteiger partial charge is 0.255 e. The Morgan fingerprint density at radius 2 is 2.04 bits per heavy atom. The highest BCUT2D eigenvalue weighted by Crippen LogP contribution is 2.20. The predicted molar refractivity (Wildman–Crippen MR) is 106 cm³/mol. The number of amides is 1. The van der Waals surface area contributed by atoms with Gasteiger partial charge in [-0.15, -0.1) is 0 Å². The van der Waals surface area contributed by atoms with Crippen molar-refractivity contribution in [2.45, 2.75) is 32.8 Å². The summed E-state index contributed by atoms with van der Waals surface area (Å²) in [4.78, 5) is 25.3. The molecule has 0 spiro atoms. The second-order valence-corrected chi connectivity index (χ2v) is 7.48. The fourth-order valence-corrected chi connectivity index (χ4v) is 3.35. The third-order valence-corrected chi connectivity index (χ3v) is 4.69. The van der Waals surface area contributed by atoms with E-state index >= 15 is 0 Å². The van der Waals surface area contributed by atoms with Crippen LogP contribution in [0.25, 0.3) is 0 Å². The Hall–Kier alpha value is -2.63. The number of aromatic nitrogens is 2. The van der Waals surface area contributed by atoms with Gasteiger partial charge in [0, 0.05) is 51.9 Å². The number of pyridine rings is 2. The minimum Gasteiger partial charge on any atom is -0.489 e. The van der Waals surface area contributed by atoms with Gasteiger partial charge in [-0.05, 0) is 30.2 Å². The molecule has 144 valence electrons. The number of piperidine rings is 1. The molecule has 0 aliphatic carbocycles. The number of ether oxygens (including phenoxy) is 1. The molecular weight excluding hydrogens is 340 g/mol. The molecule has 3 heterocycles. The van der Waals surface area contributed by atoms with Crippen LogP contribution in [-0.2, 0) is 0 Å². The fourth-order valence-electron chi connectivity index (χ4n) is 3.35. The molecule has 1 saturated heterocycles. The Labute approximate surface area is 161 Å². The van der Waals surface area contributed by atoms with Crippen LogP contribution in [0.2, 0.25) is 0 Å². The highest BCUT2D eigenvalue weighted by atomic mass is 16.5. The quantitative estimate of drug-likeness (QED) is 0.783. The molecule has 3 rings (SSSR count). The Bertz CT molecular complexity index is 726. The van der Waals surface area contributed by atoms with Crippen molar-refractivity contribution in [3.05, 3.63) is 48.4 Å². The lowest BCUT2D eigenvalue weighted by molar-refractivity contribution is 0.0594. The van der Waals surface area contributed by atoms with Gasteiger partial charge in [-0.2, -0.15) is 0 Å². The predicted octanol–water partition coefficient (Wildman–Crippen LogP) is 3.25. The van der Waals surface area contributed by atoms with Crippen LogP contribution in [0.1, 0.15) is 37.0 Å². The first-order valence-electron chi connectivity index (χ1n) is 9.56. The number of carbonyl (C=O) groups excluding carboxylic acids is 1. The molecule has 1 fully saturated rings. The summed E-state index contributed by atoms with van der Waals surface area (Å²) in [7, 11) is 2.02. The van der Waals surface area contributed by atoms with Crippen LogP contribution in [0.4, 0.5) is 5.82 Å². The second-order valence-electron chi connectivity index (χ2n) is 7.48. The summed E-state index contributed by atoms with van der Waals surface area (Å²) in [6, 6.07) is 7.57. The summed E-state index contributed by atoms with van der Waals surface area (Å²) >= 11 is 0. The zero-order chi connectivity index (χ0) is 19.2. The molecule has 1 aliphatic heterocycles. The average Bonchev–Trinajstić information content (AvgIpc) is 2.68. The van der Waals surface area contributed by atoms with Gasteiger partial charge in [0.2, 0.25) is 0 Å². The molecule has 0 N–H and O–H groups in total. The Balaban J connectivity index is 1.53. The van der Waals surface area contributed by atoms with E-state index in [4.69, 9.17) is 4.74 Å². The van der Waals surface area contributed by atoms with E-state index < -0.39 is 0 Å². The lowest BCUT2D eigenvalue weighted by atomic mass is 10.1. The molecule has 1 amide bonds. The normalized spacial score (nSPS) is 15.0. The SMILES string of the molecule is CC(C)CN(C)c1ccc(C(=O)N2CCC(Oc3cccnc3)CC2)cn1. The van der Waals surface area contributed by atoms with Gasteiger partial charge in [-0.25, -0.2) is 4.98 Å². The van der Waals surface area contributed by atoms with E-state index in [1.807, 2.05) is 36.2 Å². The molecular formula is C21H28N4O2. The number of carbonyl (C=O) groups is 1. The van der Waals surface area contributed by atoms with Gasteiger partial charge in [0.1, 0.15) is 17.7 Å². The van der Waals surface area contributed by atoms with Crippen molar-refractivity contribution in [3.8, 4) is 5.75 Å². The van der Waals surface area contributed by atoms with Crippen LogP contribution >= 0.6 is 0 Å². The fraction of sp³-hybridized carbons (Fsp3) is 0.476. The van der Waals surface area contributed by atoms with E-state index in [0.29, 0.717) is 24.6 Å². The third kappa shape index (κ3) is 5.18. The zero-order valence-electron chi connectivity index (χ0n) is 16.3. The maximum atomic E-state index is 12.7. The number of nitrogens with zero attached hydrogens (tertiary/aromatic N) is 4. The summed E-state index contributed by atoms with van der Waals surface area (Å²) < 4.78 is 5.94. The molecule has 27 heavy (non-hydrogen) atoms. The van der Waals surface area contributed by atoms with Crippen molar-refractivity contribution < 1.29 is 9.53 Å². The van der Waals surface area contributed by atoms with Gasteiger partial charge in [0.15, 0.2) is 0 Å². The Morgan fingerprint density at radius 1 is 1.26 bits per heavy atom. The standard InChI is InChI=1S/C21H28N4O2/c1-16(2)15-24(3)20-7-6-17(13-23-20)21(26)25-11-8-18(9-12-25)27-19-5-4-10-22-14-19/h4-7,10,13-14,16,18H,8-9,11-12,15H2,1-3H3. The molecule has 0 unspecified atom stereocenters. The number of anilines is 1. The molecule has 1 aliphatic rings. The molecule has 6 nitrogen and oxygen atoms in total. The van der Waals surface area contributed by atoms with Crippen LogP contribution in [0.5, 0.6) is 5.75 Å². The molecule has 0 atom stereocenters. The van der Waals surface area contributed by atoms with Gasteiger partial charge < -0.3 is 14.5 Å². The van der Waals surface area contributed by atoms with E-state index in [0.717, 1.165) is 31.0 Å². The molecule has 0 radical (unpaired) electrons. The number of rotatable bonds is 6. The van der Waals surface area contributed by atoms with E-state index in [2.05, 4.69) is 28.7 Å². The largest absolute Gasteiger partial charge is 0.489 e. The van der Waals surface area contributed by atoms with Crippen LogP contribution in [-0.4, -0.2) is 53.6 Å². The van der Waals surface area contributed by atoms with Gasteiger partial charge in [0.05, 0.1) is 11.8 Å². The number of hydrogen-bond donors (Lipinski definition) is 0. The van der Waals surface area contributed by atoms with Crippen molar-refractivity contribution in [3.63, 3.8) is 0 Å². The summed E-state index contributed by atoms with van der Waals surface area (Å²) in [5, 5.41) is 0. The topological polar surface area (TPSA) is 58.6 Å². The van der Waals surface area contributed by atoms with Crippen molar-refractivity contribution in [1.82, 2.24) is 14.9 Å². The molecule has 2 aromatic rings. The highest BCUT2D eigenvalue weighted by Gasteiger charge is 2.25. The van der Waals surface area contributed by atoms with Gasteiger partial charge >= 0.3 is 0 Å². The third-order valence-electron chi connectivity index (χ3n) is 4.69. The van der Waals surface area contributed by atoms with Crippen molar-refractivity contribution in [2.24, 2.45) is 5.92 Å². The van der Waals surface area contributed by atoms with E-state index in [1.165, 1.54) is 0 Å². The molecule has 0 bridgehead atoms. The van der Waals surface area contributed by atoms with E-state index in [1.54, 1.807) is 18.6 Å². The summed E-state index contributed by atoms with van der Waals surface area (Å²) in [6.45, 7) is 6.67. The lowest BCUT2D eigenvalue weighted by Crippen LogP contribution is -2.41. The van der Waals surface area contributed by atoms with Gasteiger partial charge in [0.25, 0.3) is 5.91 Å². The molecule has 2 aromatic heterocycles. The minimum atomic E-state index is 0.0420.